The van der Waals surface area contributed by atoms with Crippen LogP contribution in [0.1, 0.15) is 26.3 Å². The van der Waals surface area contributed by atoms with Crippen molar-refractivity contribution in [2.24, 2.45) is 5.92 Å². The zero-order valence-corrected chi connectivity index (χ0v) is 14.2. The molecule has 5 nitrogen and oxygen atoms in total. The van der Waals surface area contributed by atoms with E-state index >= 15 is 0 Å². The molecule has 1 unspecified atom stereocenters. The highest BCUT2D eigenvalue weighted by atomic mass is 16.6. The Morgan fingerprint density at radius 3 is 2.42 bits per heavy atom. The second-order valence-electron chi connectivity index (χ2n) is 6.80. The van der Waals surface area contributed by atoms with Gasteiger partial charge in [-0.3, -0.25) is 4.79 Å². The van der Waals surface area contributed by atoms with E-state index in [1.165, 1.54) is 0 Å². The third kappa shape index (κ3) is 5.26. The molecule has 2 aromatic rings. The van der Waals surface area contributed by atoms with Crippen molar-refractivity contribution in [3.05, 3.63) is 48.0 Å². The van der Waals surface area contributed by atoms with Gasteiger partial charge in [0.2, 0.25) is 0 Å². The van der Waals surface area contributed by atoms with Crippen LogP contribution in [0, 0.1) is 5.92 Å². The molecular weight excluding hydrogens is 306 g/mol. The number of fused-ring (bicyclic) bond motifs is 1. The Balaban J connectivity index is 2.02. The summed E-state index contributed by atoms with van der Waals surface area (Å²) in [6.45, 7) is 5.31. The molecule has 0 heterocycles. The average molecular weight is 329 g/mol. The highest BCUT2D eigenvalue weighted by Crippen LogP contribution is 2.18. The highest BCUT2D eigenvalue weighted by Gasteiger charge is 2.21. The van der Waals surface area contributed by atoms with Crippen molar-refractivity contribution in [1.82, 2.24) is 5.32 Å². The summed E-state index contributed by atoms with van der Waals surface area (Å²) in [5.41, 5.74) is 0.313. The van der Waals surface area contributed by atoms with Crippen LogP contribution >= 0.6 is 0 Å². The highest BCUT2D eigenvalue weighted by molar-refractivity contribution is 5.83. The summed E-state index contributed by atoms with van der Waals surface area (Å²) >= 11 is 0. The van der Waals surface area contributed by atoms with E-state index < -0.39 is 23.6 Å². The molecule has 2 rings (SSSR count). The van der Waals surface area contributed by atoms with E-state index in [2.05, 4.69) is 5.32 Å². The number of rotatable bonds is 5. The summed E-state index contributed by atoms with van der Waals surface area (Å²) in [5, 5.41) is 14.1. The molecule has 0 spiro atoms. The Morgan fingerprint density at radius 1 is 1.12 bits per heavy atom. The number of carboxylic acid groups (broad SMARTS) is 1. The van der Waals surface area contributed by atoms with Gasteiger partial charge in [0, 0.05) is 6.54 Å². The fraction of sp³-hybridized carbons (Fsp3) is 0.368. The standard InChI is InChI=1S/C19H23NO4/c1-19(2,3)24-18(23)20-12-16(17(21)22)11-13-8-9-14-6-4-5-7-15(14)10-13/h4-10,16H,11-12H2,1-3H3,(H,20,23)(H,21,22). The van der Waals surface area contributed by atoms with Crippen LogP contribution in [-0.2, 0) is 16.0 Å². The van der Waals surface area contributed by atoms with Crippen molar-refractivity contribution in [3.63, 3.8) is 0 Å². The molecule has 0 saturated carbocycles. The molecule has 0 bridgehead atoms. The number of amides is 1. The van der Waals surface area contributed by atoms with Crippen LogP contribution < -0.4 is 5.32 Å². The van der Waals surface area contributed by atoms with Gasteiger partial charge in [-0.1, -0.05) is 42.5 Å². The van der Waals surface area contributed by atoms with Gasteiger partial charge >= 0.3 is 12.1 Å². The molecule has 2 aromatic carbocycles. The maximum Gasteiger partial charge on any atom is 0.407 e. The lowest BCUT2D eigenvalue weighted by Crippen LogP contribution is -2.37. The Bertz CT molecular complexity index is 733. The zero-order valence-electron chi connectivity index (χ0n) is 14.2. The molecule has 24 heavy (non-hydrogen) atoms. The summed E-state index contributed by atoms with van der Waals surface area (Å²) in [6, 6.07) is 13.8. The largest absolute Gasteiger partial charge is 0.481 e. The fourth-order valence-electron chi connectivity index (χ4n) is 2.42. The van der Waals surface area contributed by atoms with Gasteiger partial charge < -0.3 is 15.2 Å². The predicted molar refractivity (Wildman–Crippen MR) is 93.0 cm³/mol. The van der Waals surface area contributed by atoms with E-state index in [0.29, 0.717) is 6.42 Å². The number of aliphatic carboxylic acids is 1. The zero-order chi connectivity index (χ0) is 17.7. The minimum atomic E-state index is -0.945. The van der Waals surface area contributed by atoms with Crippen molar-refractivity contribution >= 4 is 22.8 Å². The molecule has 0 radical (unpaired) electrons. The van der Waals surface area contributed by atoms with Crippen molar-refractivity contribution in [2.45, 2.75) is 32.8 Å². The number of ether oxygens (including phenoxy) is 1. The Hall–Kier alpha value is -2.56. The second kappa shape index (κ2) is 7.34. The smallest absolute Gasteiger partial charge is 0.407 e. The lowest BCUT2D eigenvalue weighted by Gasteiger charge is -2.21. The minimum absolute atomic E-state index is 0.0249. The van der Waals surface area contributed by atoms with Crippen LogP contribution in [-0.4, -0.2) is 29.3 Å². The van der Waals surface area contributed by atoms with E-state index in [9.17, 15) is 14.7 Å². The third-order valence-electron chi connectivity index (χ3n) is 3.54. The SMILES string of the molecule is CC(C)(C)OC(=O)NCC(Cc1ccc2ccccc2c1)C(=O)O. The first kappa shape index (κ1) is 17.8. The van der Waals surface area contributed by atoms with Crippen LogP contribution in [0.4, 0.5) is 4.79 Å². The van der Waals surface area contributed by atoms with Crippen LogP contribution in [0.5, 0.6) is 0 Å². The minimum Gasteiger partial charge on any atom is -0.481 e. The molecule has 128 valence electrons. The van der Waals surface area contributed by atoms with Gasteiger partial charge in [0.15, 0.2) is 0 Å². The Kier molecular flexibility index (Phi) is 5.44. The van der Waals surface area contributed by atoms with E-state index in [1.807, 2.05) is 42.5 Å². The maximum atomic E-state index is 11.7. The molecule has 0 fully saturated rings. The number of benzene rings is 2. The molecule has 0 aromatic heterocycles. The van der Waals surface area contributed by atoms with E-state index in [4.69, 9.17) is 4.74 Å². The van der Waals surface area contributed by atoms with Crippen molar-refractivity contribution < 1.29 is 19.4 Å². The monoisotopic (exact) mass is 329 g/mol. The number of alkyl carbamates (subject to hydrolysis) is 1. The number of hydrogen-bond acceptors (Lipinski definition) is 3. The molecule has 5 heteroatoms. The van der Waals surface area contributed by atoms with Crippen LogP contribution in [0.3, 0.4) is 0 Å². The second-order valence-corrected chi connectivity index (χ2v) is 6.80. The Morgan fingerprint density at radius 2 is 1.79 bits per heavy atom. The first-order valence-electron chi connectivity index (χ1n) is 7.92. The summed E-state index contributed by atoms with van der Waals surface area (Å²) < 4.78 is 5.13. The van der Waals surface area contributed by atoms with Crippen molar-refractivity contribution in [2.75, 3.05) is 6.54 Å². The van der Waals surface area contributed by atoms with Crippen molar-refractivity contribution in [1.29, 1.82) is 0 Å². The van der Waals surface area contributed by atoms with Crippen LogP contribution in [0.2, 0.25) is 0 Å². The van der Waals surface area contributed by atoms with E-state index in [0.717, 1.165) is 16.3 Å². The summed E-state index contributed by atoms with van der Waals surface area (Å²) in [5.74, 6) is -1.65. The molecule has 2 N–H and O–H groups in total. The van der Waals surface area contributed by atoms with Gasteiger partial charge in [-0.2, -0.15) is 0 Å². The molecule has 1 atom stereocenters. The molecule has 0 saturated heterocycles. The van der Waals surface area contributed by atoms with E-state index in [-0.39, 0.29) is 6.54 Å². The van der Waals surface area contributed by atoms with Gasteiger partial charge in [-0.05, 0) is 43.5 Å². The number of carboxylic acids is 1. The number of carbonyl (C=O) groups excluding carboxylic acids is 1. The van der Waals surface area contributed by atoms with Gasteiger partial charge in [0.05, 0.1) is 5.92 Å². The molecule has 0 aliphatic rings. The third-order valence-corrected chi connectivity index (χ3v) is 3.54. The number of nitrogens with one attached hydrogen (secondary N) is 1. The fourth-order valence-corrected chi connectivity index (χ4v) is 2.42. The van der Waals surface area contributed by atoms with Crippen LogP contribution in [0.15, 0.2) is 42.5 Å². The molecule has 1 amide bonds. The molecular formula is C19H23NO4. The van der Waals surface area contributed by atoms with Crippen molar-refractivity contribution in [3.8, 4) is 0 Å². The Labute approximate surface area is 141 Å². The number of hydrogen-bond donors (Lipinski definition) is 2. The topological polar surface area (TPSA) is 75.6 Å². The van der Waals surface area contributed by atoms with Crippen LogP contribution in [0.25, 0.3) is 10.8 Å². The quantitative estimate of drug-likeness (QED) is 0.878. The summed E-state index contributed by atoms with van der Waals surface area (Å²) in [4.78, 5) is 23.2. The maximum absolute atomic E-state index is 11.7. The van der Waals surface area contributed by atoms with E-state index in [1.54, 1.807) is 20.8 Å². The predicted octanol–water partition coefficient (Wildman–Crippen LogP) is 3.61. The first-order chi connectivity index (χ1) is 11.2. The normalized spacial score (nSPS) is 12.6. The van der Waals surface area contributed by atoms with Gasteiger partial charge in [-0.25, -0.2) is 4.79 Å². The van der Waals surface area contributed by atoms with Gasteiger partial charge in [-0.15, -0.1) is 0 Å². The lowest BCUT2D eigenvalue weighted by molar-refractivity contribution is -0.141. The number of carbonyl (C=O) groups is 2. The van der Waals surface area contributed by atoms with Gasteiger partial charge in [0.1, 0.15) is 5.60 Å². The average Bonchev–Trinajstić information content (AvgIpc) is 2.49. The van der Waals surface area contributed by atoms with Gasteiger partial charge in [0.25, 0.3) is 0 Å². The first-order valence-corrected chi connectivity index (χ1v) is 7.92. The summed E-state index contributed by atoms with van der Waals surface area (Å²) in [7, 11) is 0. The lowest BCUT2D eigenvalue weighted by atomic mass is 9.97. The molecule has 0 aliphatic carbocycles. The summed E-state index contributed by atoms with van der Waals surface area (Å²) in [6.07, 6.45) is -0.261. The molecule has 0 aliphatic heterocycles.